The van der Waals surface area contributed by atoms with Crippen molar-refractivity contribution in [3.05, 3.63) is 47.4 Å². The van der Waals surface area contributed by atoms with Gasteiger partial charge in [-0.3, -0.25) is 0 Å². The van der Waals surface area contributed by atoms with Crippen LogP contribution in [-0.2, 0) is 6.42 Å². The van der Waals surface area contributed by atoms with Gasteiger partial charge in [0.25, 0.3) is 0 Å². The predicted molar refractivity (Wildman–Crippen MR) is 70.7 cm³/mol. The van der Waals surface area contributed by atoms with Crippen LogP contribution in [0.15, 0.2) is 28.8 Å². The molecule has 0 aliphatic heterocycles. The average Bonchev–Trinajstić information content (AvgIpc) is 2.91. The summed E-state index contributed by atoms with van der Waals surface area (Å²) in [5, 5.41) is 13.4. The van der Waals surface area contributed by atoms with E-state index in [4.69, 9.17) is 4.52 Å². The molecule has 5 heteroatoms. The Bertz CT molecular complexity index is 577. The normalized spacial score (nSPS) is 22.9. The molecule has 106 valence electrons. The molecule has 1 aliphatic carbocycles. The molecule has 0 radical (unpaired) electrons. The summed E-state index contributed by atoms with van der Waals surface area (Å²) in [6, 6.07) is 6.61. The standard InChI is InChI=1S/C15H17FN2O2/c16-13-4-2-1-3-11(13)9-14-17-15(20-18-14)10-5-7-12(19)8-6-10/h1-4,10,12,19H,5-9H2. The van der Waals surface area contributed by atoms with Crippen molar-refractivity contribution < 1.29 is 14.0 Å². The highest BCUT2D eigenvalue weighted by Gasteiger charge is 2.25. The van der Waals surface area contributed by atoms with Crippen molar-refractivity contribution in [3.8, 4) is 0 Å². The zero-order chi connectivity index (χ0) is 13.9. The monoisotopic (exact) mass is 276 g/mol. The van der Waals surface area contributed by atoms with Crippen molar-refractivity contribution in [1.82, 2.24) is 10.1 Å². The van der Waals surface area contributed by atoms with Gasteiger partial charge in [-0.2, -0.15) is 4.98 Å². The van der Waals surface area contributed by atoms with E-state index in [-0.39, 0.29) is 17.8 Å². The topological polar surface area (TPSA) is 59.2 Å². The van der Waals surface area contributed by atoms with Crippen molar-refractivity contribution in [2.45, 2.75) is 44.1 Å². The van der Waals surface area contributed by atoms with Crippen LogP contribution in [0.1, 0.15) is 48.9 Å². The second-order valence-corrected chi connectivity index (χ2v) is 5.32. The molecule has 0 bridgehead atoms. The quantitative estimate of drug-likeness (QED) is 0.936. The number of rotatable bonds is 3. The zero-order valence-electron chi connectivity index (χ0n) is 11.1. The van der Waals surface area contributed by atoms with Gasteiger partial charge in [0.1, 0.15) is 5.82 Å². The van der Waals surface area contributed by atoms with Crippen LogP contribution in [0.2, 0.25) is 0 Å². The van der Waals surface area contributed by atoms with E-state index >= 15 is 0 Å². The van der Waals surface area contributed by atoms with Crippen LogP contribution in [0.25, 0.3) is 0 Å². The summed E-state index contributed by atoms with van der Waals surface area (Å²) in [6.45, 7) is 0. The molecule has 1 N–H and O–H groups in total. The van der Waals surface area contributed by atoms with Crippen molar-refractivity contribution in [1.29, 1.82) is 0 Å². The molecule has 0 unspecified atom stereocenters. The minimum Gasteiger partial charge on any atom is -0.393 e. The first kappa shape index (κ1) is 13.2. The molecular weight excluding hydrogens is 259 g/mol. The minimum atomic E-state index is -0.250. The van der Waals surface area contributed by atoms with E-state index < -0.39 is 0 Å². The van der Waals surface area contributed by atoms with Crippen LogP contribution in [0.5, 0.6) is 0 Å². The molecule has 4 nitrogen and oxygen atoms in total. The fourth-order valence-electron chi connectivity index (χ4n) is 2.64. The van der Waals surface area contributed by atoms with E-state index in [1.54, 1.807) is 18.2 Å². The number of benzene rings is 1. The lowest BCUT2D eigenvalue weighted by molar-refractivity contribution is 0.116. The highest BCUT2D eigenvalue weighted by molar-refractivity contribution is 5.20. The Hall–Kier alpha value is -1.75. The summed E-state index contributed by atoms with van der Waals surface area (Å²) in [6.07, 6.45) is 3.41. The van der Waals surface area contributed by atoms with Crippen molar-refractivity contribution in [2.75, 3.05) is 0 Å². The van der Waals surface area contributed by atoms with Crippen LogP contribution < -0.4 is 0 Å². The Morgan fingerprint density at radius 3 is 2.70 bits per heavy atom. The Kier molecular flexibility index (Phi) is 3.78. The van der Waals surface area contributed by atoms with Gasteiger partial charge in [-0.15, -0.1) is 0 Å². The number of nitrogens with zero attached hydrogens (tertiary/aromatic N) is 2. The molecule has 2 aromatic rings. The molecule has 3 rings (SSSR count). The van der Waals surface area contributed by atoms with Gasteiger partial charge in [0.15, 0.2) is 5.82 Å². The van der Waals surface area contributed by atoms with E-state index in [0.29, 0.717) is 23.7 Å². The van der Waals surface area contributed by atoms with Gasteiger partial charge in [-0.05, 0) is 37.3 Å². The number of hydrogen-bond acceptors (Lipinski definition) is 4. The fraction of sp³-hybridized carbons (Fsp3) is 0.467. The maximum Gasteiger partial charge on any atom is 0.229 e. The Labute approximate surface area is 116 Å². The number of hydrogen-bond donors (Lipinski definition) is 1. The van der Waals surface area contributed by atoms with Crippen molar-refractivity contribution >= 4 is 0 Å². The second-order valence-electron chi connectivity index (χ2n) is 5.32. The molecule has 20 heavy (non-hydrogen) atoms. The molecule has 1 aromatic heterocycles. The van der Waals surface area contributed by atoms with Gasteiger partial charge in [0, 0.05) is 12.3 Å². The van der Waals surface area contributed by atoms with Gasteiger partial charge >= 0.3 is 0 Å². The van der Waals surface area contributed by atoms with Gasteiger partial charge in [0.05, 0.1) is 6.10 Å². The molecule has 0 amide bonds. The molecule has 1 aromatic carbocycles. The zero-order valence-corrected chi connectivity index (χ0v) is 11.1. The molecule has 1 saturated carbocycles. The van der Waals surface area contributed by atoms with Crippen LogP contribution >= 0.6 is 0 Å². The van der Waals surface area contributed by atoms with Crippen molar-refractivity contribution in [3.63, 3.8) is 0 Å². The SMILES string of the molecule is OC1CCC(c2nc(Cc3ccccc3F)no2)CC1. The molecule has 1 aliphatic rings. The van der Waals surface area contributed by atoms with E-state index in [1.165, 1.54) is 6.07 Å². The third-order valence-corrected chi connectivity index (χ3v) is 3.84. The number of aliphatic hydroxyl groups excluding tert-OH is 1. The third kappa shape index (κ3) is 2.88. The molecule has 0 saturated heterocycles. The number of aliphatic hydroxyl groups is 1. The highest BCUT2D eigenvalue weighted by Crippen LogP contribution is 2.31. The summed E-state index contributed by atoms with van der Waals surface area (Å²) in [5.74, 6) is 1.10. The first-order valence-corrected chi connectivity index (χ1v) is 6.96. The number of halogens is 1. The lowest BCUT2D eigenvalue weighted by atomic mass is 9.87. The lowest BCUT2D eigenvalue weighted by Gasteiger charge is -2.22. The Morgan fingerprint density at radius 2 is 1.95 bits per heavy atom. The summed E-state index contributed by atoms with van der Waals surface area (Å²) >= 11 is 0. The van der Waals surface area contributed by atoms with E-state index in [9.17, 15) is 9.50 Å². The van der Waals surface area contributed by atoms with Crippen LogP contribution in [-0.4, -0.2) is 21.4 Å². The Balaban J connectivity index is 1.69. The minimum absolute atomic E-state index is 0.202. The lowest BCUT2D eigenvalue weighted by Crippen LogP contribution is -2.17. The highest BCUT2D eigenvalue weighted by atomic mass is 19.1. The summed E-state index contributed by atoms with van der Waals surface area (Å²) in [4.78, 5) is 4.37. The average molecular weight is 276 g/mol. The summed E-state index contributed by atoms with van der Waals surface area (Å²) < 4.78 is 18.9. The molecule has 0 spiro atoms. The van der Waals surface area contributed by atoms with E-state index in [0.717, 1.165) is 25.7 Å². The van der Waals surface area contributed by atoms with E-state index in [2.05, 4.69) is 10.1 Å². The molecular formula is C15H17FN2O2. The maximum atomic E-state index is 13.6. The molecule has 1 fully saturated rings. The predicted octanol–water partition coefficient (Wildman–Crippen LogP) is 2.82. The third-order valence-electron chi connectivity index (χ3n) is 3.84. The maximum absolute atomic E-state index is 13.6. The molecule has 1 heterocycles. The smallest absolute Gasteiger partial charge is 0.229 e. The van der Waals surface area contributed by atoms with Crippen LogP contribution in [0, 0.1) is 5.82 Å². The van der Waals surface area contributed by atoms with Gasteiger partial charge in [-0.1, -0.05) is 23.4 Å². The van der Waals surface area contributed by atoms with E-state index in [1.807, 2.05) is 0 Å². The summed E-state index contributed by atoms with van der Waals surface area (Å²) in [5.41, 5.74) is 0.568. The first-order valence-electron chi connectivity index (χ1n) is 6.96. The Morgan fingerprint density at radius 1 is 1.20 bits per heavy atom. The van der Waals surface area contributed by atoms with Gasteiger partial charge in [-0.25, -0.2) is 4.39 Å². The van der Waals surface area contributed by atoms with Crippen molar-refractivity contribution in [2.24, 2.45) is 0 Å². The van der Waals surface area contributed by atoms with Gasteiger partial charge < -0.3 is 9.63 Å². The largest absolute Gasteiger partial charge is 0.393 e. The first-order chi connectivity index (χ1) is 9.72. The van der Waals surface area contributed by atoms with Gasteiger partial charge in [0.2, 0.25) is 5.89 Å². The molecule has 0 atom stereocenters. The van der Waals surface area contributed by atoms with Crippen LogP contribution in [0.3, 0.4) is 0 Å². The summed E-state index contributed by atoms with van der Waals surface area (Å²) in [7, 11) is 0. The van der Waals surface area contributed by atoms with Crippen LogP contribution in [0.4, 0.5) is 4.39 Å². The number of aromatic nitrogens is 2. The second kappa shape index (κ2) is 5.71. The fourth-order valence-corrected chi connectivity index (χ4v) is 2.64.